The molecule has 0 aliphatic rings. The summed E-state index contributed by atoms with van der Waals surface area (Å²) in [5, 5.41) is 3.51. The lowest BCUT2D eigenvalue weighted by atomic mass is 10.0. The Balaban J connectivity index is 1.61. The molecule has 0 aliphatic carbocycles. The minimum atomic E-state index is -0.431. The summed E-state index contributed by atoms with van der Waals surface area (Å²) in [6.45, 7) is 2.17. The van der Waals surface area contributed by atoms with E-state index in [1.165, 1.54) is 18.2 Å². The number of carbonyl (C=O) groups excluding carboxylic acids is 1. The number of benzene rings is 3. The van der Waals surface area contributed by atoms with Gasteiger partial charge < -0.3 is 14.6 Å². The van der Waals surface area contributed by atoms with Crippen molar-refractivity contribution < 1.29 is 13.9 Å². The summed E-state index contributed by atoms with van der Waals surface area (Å²) in [5.41, 5.74) is 2.79. The molecule has 0 spiro atoms. The molecule has 0 bridgehead atoms. The van der Waals surface area contributed by atoms with E-state index in [1.54, 1.807) is 28.8 Å². The number of aromatic nitrogens is 1. The lowest BCUT2D eigenvalue weighted by molar-refractivity contribution is -0.118. The van der Waals surface area contributed by atoms with Gasteiger partial charge in [-0.15, -0.1) is 0 Å². The number of nitrogens with one attached hydrogen (secondary N) is 1. The van der Waals surface area contributed by atoms with E-state index in [0.717, 1.165) is 22.0 Å². The SMILES string of the molecule is CCn1c(=O)cc(-c2ccccc2)c2ccc(OCC(=O)Nc3cccc(F)c3)cc21. The van der Waals surface area contributed by atoms with E-state index in [9.17, 15) is 14.0 Å². The summed E-state index contributed by atoms with van der Waals surface area (Å²) in [6.07, 6.45) is 0. The smallest absolute Gasteiger partial charge is 0.262 e. The number of hydrogen-bond donors (Lipinski definition) is 1. The monoisotopic (exact) mass is 416 g/mol. The van der Waals surface area contributed by atoms with Crippen LogP contribution in [0.5, 0.6) is 5.75 Å². The molecule has 0 fully saturated rings. The first-order chi connectivity index (χ1) is 15.0. The van der Waals surface area contributed by atoms with Gasteiger partial charge in [-0.25, -0.2) is 4.39 Å². The number of hydrogen-bond acceptors (Lipinski definition) is 3. The van der Waals surface area contributed by atoms with Crippen molar-refractivity contribution in [1.29, 1.82) is 0 Å². The Morgan fingerprint density at radius 3 is 2.55 bits per heavy atom. The highest BCUT2D eigenvalue weighted by Crippen LogP contribution is 2.29. The number of aryl methyl sites for hydroxylation is 1. The summed E-state index contributed by atoms with van der Waals surface area (Å²) in [7, 11) is 0. The maximum Gasteiger partial charge on any atom is 0.262 e. The Morgan fingerprint density at radius 2 is 1.81 bits per heavy atom. The fraction of sp³-hybridized carbons (Fsp3) is 0.120. The molecule has 1 heterocycles. The minimum Gasteiger partial charge on any atom is -0.484 e. The zero-order valence-electron chi connectivity index (χ0n) is 17.0. The molecule has 0 saturated heterocycles. The number of nitrogens with zero attached hydrogens (tertiary/aromatic N) is 1. The van der Waals surface area contributed by atoms with Crippen LogP contribution in [0.25, 0.3) is 22.0 Å². The van der Waals surface area contributed by atoms with E-state index >= 15 is 0 Å². The van der Waals surface area contributed by atoms with Crippen molar-refractivity contribution in [3.8, 4) is 16.9 Å². The second kappa shape index (κ2) is 8.83. The van der Waals surface area contributed by atoms with Gasteiger partial charge >= 0.3 is 0 Å². The van der Waals surface area contributed by atoms with Gasteiger partial charge in [0.2, 0.25) is 0 Å². The topological polar surface area (TPSA) is 60.3 Å². The lowest BCUT2D eigenvalue weighted by Gasteiger charge is -2.14. The zero-order chi connectivity index (χ0) is 21.8. The zero-order valence-corrected chi connectivity index (χ0v) is 17.0. The second-order valence-corrected chi connectivity index (χ2v) is 7.03. The van der Waals surface area contributed by atoms with Crippen LogP contribution >= 0.6 is 0 Å². The molecule has 156 valence electrons. The van der Waals surface area contributed by atoms with Crippen molar-refractivity contribution in [2.75, 3.05) is 11.9 Å². The molecule has 0 unspecified atom stereocenters. The number of halogens is 1. The summed E-state index contributed by atoms with van der Waals surface area (Å²) in [4.78, 5) is 24.9. The van der Waals surface area contributed by atoms with Crippen LogP contribution in [0.15, 0.2) is 83.7 Å². The average Bonchev–Trinajstić information content (AvgIpc) is 2.77. The molecule has 0 saturated carbocycles. The third-order valence-corrected chi connectivity index (χ3v) is 4.96. The van der Waals surface area contributed by atoms with Gasteiger partial charge in [-0.2, -0.15) is 0 Å². The first kappa shape index (κ1) is 20.3. The molecule has 3 aromatic carbocycles. The number of ether oxygens (including phenoxy) is 1. The highest BCUT2D eigenvalue weighted by molar-refractivity contribution is 5.95. The van der Waals surface area contributed by atoms with E-state index in [-0.39, 0.29) is 12.2 Å². The lowest BCUT2D eigenvalue weighted by Crippen LogP contribution is -2.21. The number of anilines is 1. The Hall–Kier alpha value is -3.93. The minimum absolute atomic E-state index is 0.102. The molecule has 0 radical (unpaired) electrons. The highest BCUT2D eigenvalue weighted by atomic mass is 19.1. The molecule has 6 heteroatoms. The number of fused-ring (bicyclic) bond motifs is 1. The second-order valence-electron chi connectivity index (χ2n) is 7.03. The molecular weight excluding hydrogens is 395 g/mol. The molecule has 1 aromatic heterocycles. The molecule has 0 atom stereocenters. The molecule has 5 nitrogen and oxygen atoms in total. The van der Waals surface area contributed by atoms with Gasteiger partial charge in [-0.05, 0) is 48.4 Å². The number of carbonyl (C=O) groups is 1. The first-order valence-corrected chi connectivity index (χ1v) is 9.96. The van der Waals surface area contributed by atoms with Crippen LogP contribution in [0.4, 0.5) is 10.1 Å². The Bertz CT molecular complexity index is 1300. The predicted molar refractivity (Wildman–Crippen MR) is 120 cm³/mol. The van der Waals surface area contributed by atoms with Crippen LogP contribution in [-0.4, -0.2) is 17.1 Å². The first-order valence-electron chi connectivity index (χ1n) is 9.96. The largest absolute Gasteiger partial charge is 0.484 e. The van der Waals surface area contributed by atoms with E-state index in [2.05, 4.69) is 5.32 Å². The summed E-state index contributed by atoms with van der Waals surface area (Å²) in [5.74, 6) is -0.370. The summed E-state index contributed by atoms with van der Waals surface area (Å²) in [6, 6.07) is 22.5. The molecular formula is C25H21FN2O3. The van der Waals surface area contributed by atoms with Gasteiger partial charge in [0.05, 0.1) is 5.52 Å². The standard InChI is InChI=1S/C25H21FN2O3/c1-2-28-23-14-20(31-16-24(29)27-19-10-6-9-18(26)13-19)11-12-21(23)22(15-25(28)30)17-7-4-3-5-8-17/h3-15H,2,16H2,1H3,(H,27,29). The maximum atomic E-state index is 13.3. The van der Waals surface area contributed by atoms with E-state index < -0.39 is 11.7 Å². The van der Waals surface area contributed by atoms with Crippen molar-refractivity contribution >= 4 is 22.5 Å². The number of rotatable bonds is 6. The van der Waals surface area contributed by atoms with Crippen LogP contribution in [0.1, 0.15) is 6.92 Å². The quantitative estimate of drug-likeness (QED) is 0.489. The van der Waals surface area contributed by atoms with Crippen molar-refractivity contribution in [2.24, 2.45) is 0 Å². The fourth-order valence-electron chi connectivity index (χ4n) is 3.55. The van der Waals surface area contributed by atoms with Crippen LogP contribution in [-0.2, 0) is 11.3 Å². The van der Waals surface area contributed by atoms with Crippen LogP contribution in [0.3, 0.4) is 0 Å². The van der Waals surface area contributed by atoms with Gasteiger partial charge in [0.15, 0.2) is 6.61 Å². The summed E-state index contributed by atoms with van der Waals surface area (Å²) < 4.78 is 20.6. The average molecular weight is 416 g/mol. The van der Waals surface area contributed by atoms with Crippen molar-refractivity contribution in [3.63, 3.8) is 0 Å². The van der Waals surface area contributed by atoms with Crippen molar-refractivity contribution in [3.05, 3.63) is 95.0 Å². The Labute approximate surface area is 178 Å². The predicted octanol–water partition coefficient (Wildman–Crippen LogP) is 4.85. The third kappa shape index (κ3) is 4.48. The fourth-order valence-corrected chi connectivity index (χ4v) is 3.55. The third-order valence-electron chi connectivity index (χ3n) is 4.96. The van der Waals surface area contributed by atoms with Crippen LogP contribution in [0.2, 0.25) is 0 Å². The van der Waals surface area contributed by atoms with Gasteiger partial charge in [-0.3, -0.25) is 9.59 Å². The van der Waals surface area contributed by atoms with E-state index in [0.29, 0.717) is 18.0 Å². The molecule has 4 rings (SSSR count). The van der Waals surface area contributed by atoms with Crippen molar-refractivity contribution in [1.82, 2.24) is 4.57 Å². The molecule has 31 heavy (non-hydrogen) atoms. The number of amides is 1. The van der Waals surface area contributed by atoms with Gasteiger partial charge in [0.1, 0.15) is 11.6 Å². The highest BCUT2D eigenvalue weighted by Gasteiger charge is 2.12. The normalized spacial score (nSPS) is 10.8. The molecule has 1 amide bonds. The summed E-state index contributed by atoms with van der Waals surface area (Å²) >= 11 is 0. The van der Waals surface area contributed by atoms with E-state index in [1.807, 2.05) is 43.3 Å². The Kier molecular flexibility index (Phi) is 5.80. The molecule has 0 aliphatic heterocycles. The van der Waals surface area contributed by atoms with Gasteiger partial charge in [-0.1, -0.05) is 36.4 Å². The Morgan fingerprint density at radius 1 is 1.00 bits per heavy atom. The van der Waals surface area contributed by atoms with Gasteiger partial charge in [0, 0.05) is 29.8 Å². The van der Waals surface area contributed by atoms with Crippen LogP contribution < -0.4 is 15.6 Å². The number of pyridine rings is 1. The molecule has 1 N–H and O–H groups in total. The molecule has 4 aromatic rings. The van der Waals surface area contributed by atoms with Gasteiger partial charge in [0.25, 0.3) is 11.5 Å². The van der Waals surface area contributed by atoms with Crippen LogP contribution in [0, 0.1) is 5.82 Å². The maximum absolute atomic E-state index is 13.3. The van der Waals surface area contributed by atoms with Crippen molar-refractivity contribution in [2.45, 2.75) is 13.5 Å². The van der Waals surface area contributed by atoms with E-state index in [4.69, 9.17) is 4.74 Å².